The first-order valence-electron chi connectivity index (χ1n) is 10.4. The highest BCUT2D eigenvalue weighted by Gasteiger charge is 1.72. The average molecular weight is 405 g/mol. The Bertz CT molecular complexity index is 671. The highest BCUT2D eigenvalue weighted by atomic mass is 13.8. The highest BCUT2D eigenvalue weighted by Crippen LogP contribution is 1.92. The Kier molecular flexibility index (Phi) is 16.9. The minimum atomic E-state index is 1.32. The zero-order valence-electron chi connectivity index (χ0n) is 18.2. The molecule has 0 bridgehead atoms. The molecule has 0 N–H and O–H groups in total. The number of rotatable bonds is 0. The van der Waals surface area contributed by atoms with Gasteiger partial charge in [0, 0.05) is 0 Å². The highest BCUT2D eigenvalue weighted by molar-refractivity contribution is 5.11. The monoisotopic (exact) mass is 404 g/mol. The minimum absolute atomic E-state index is 1.32. The third-order valence-electron chi connectivity index (χ3n) is 3.61. The summed E-state index contributed by atoms with van der Waals surface area (Å²) in [6, 6.07) is 58.3. The van der Waals surface area contributed by atoms with Crippen molar-refractivity contribution in [3.05, 3.63) is 181 Å². The molecule has 0 nitrogen and oxygen atoms in total. The van der Waals surface area contributed by atoms with Gasteiger partial charge in [-0.05, 0) is 6.92 Å². The standard InChI is InChI=1S/C7H8.4C6H6/c1-7-5-3-2-4-6-7;4*1-2-4-6-5-3-1/h2-6H,1H3;4*1-6H. The predicted octanol–water partition coefficient (Wildman–Crippen LogP) is 8.74. The lowest BCUT2D eigenvalue weighted by Gasteiger charge is -1.82. The Morgan fingerprint density at radius 2 is 0.355 bits per heavy atom. The van der Waals surface area contributed by atoms with Gasteiger partial charge in [0.25, 0.3) is 0 Å². The first-order chi connectivity index (χ1) is 15.4. The van der Waals surface area contributed by atoms with Crippen LogP contribution < -0.4 is 0 Å². The van der Waals surface area contributed by atoms with Gasteiger partial charge in [0.2, 0.25) is 0 Å². The van der Waals surface area contributed by atoms with Crippen molar-refractivity contribution in [2.45, 2.75) is 6.92 Å². The first kappa shape index (κ1) is 25.1. The minimum Gasteiger partial charge on any atom is -0.0623 e. The molecule has 31 heavy (non-hydrogen) atoms. The zero-order valence-corrected chi connectivity index (χ0v) is 18.2. The van der Waals surface area contributed by atoms with Crippen molar-refractivity contribution < 1.29 is 0 Å². The van der Waals surface area contributed by atoms with E-state index in [2.05, 4.69) is 19.1 Å². The van der Waals surface area contributed by atoms with Gasteiger partial charge in [-0.1, -0.05) is 181 Å². The molecule has 0 fully saturated rings. The van der Waals surface area contributed by atoms with Crippen LogP contribution in [-0.2, 0) is 0 Å². The van der Waals surface area contributed by atoms with E-state index in [4.69, 9.17) is 0 Å². The zero-order chi connectivity index (χ0) is 22.1. The fourth-order valence-electron chi connectivity index (χ4n) is 2.07. The van der Waals surface area contributed by atoms with Crippen LogP contribution in [0, 0.1) is 6.92 Å². The molecule has 0 aliphatic carbocycles. The summed E-state index contributed by atoms with van der Waals surface area (Å²) in [6.07, 6.45) is 0. The van der Waals surface area contributed by atoms with Crippen LogP contribution in [0.1, 0.15) is 5.56 Å². The molecule has 5 rings (SSSR count). The van der Waals surface area contributed by atoms with E-state index in [0.717, 1.165) is 0 Å². The summed E-state index contributed by atoms with van der Waals surface area (Å²) in [5.74, 6) is 0. The van der Waals surface area contributed by atoms with Gasteiger partial charge in [-0.15, -0.1) is 0 Å². The SMILES string of the molecule is Cc1ccccc1.c1ccccc1.c1ccccc1.c1ccccc1.c1ccccc1. The van der Waals surface area contributed by atoms with E-state index >= 15 is 0 Å². The maximum atomic E-state index is 2.08. The van der Waals surface area contributed by atoms with Gasteiger partial charge in [0.1, 0.15) is 0 Å². The third kappa shape index (κ3) is 19.2. The largest absolute Gasteiger partial charge is 0.0623 e. The van der Waals surface area contributed by atoms with Gasteiger partial charge < -0.3 is 0 Å². The molecule has 0 saturated heterocycles. The molecule has 0 saturated carbocycles. The molecule has 0 radical (unpaired) electrons. The number of aryl methyl sites for hydroxylation is 1. The van der Waals surface area contributed by atoms with Crippen LogP contribution in [0.2, 0.25) is 0 Å². The molecular weight excluding hydrogens is 372 g/mol. The fourth-order valence-corrected chi connectivity index (χ4v) is 2.07. The van der Waals surface area contributed by atoms with Crippen molar-refractivity contribution in [1.29, 1.82) is 0 Å². The molecule has 0 unspecified atom stereocenters. The summed E-state index contributed by atoms with van der Waals surface area (Å²) < 4.78 is 0. The number of hydrogen-bond acceptors (Lipinski definition) is 0. The quantitative estimate of drug-likeness (QED) is 0.242. The lowest BCUT2D eigenvalue weighted by Crippen LogP contribution is -1.62. The molecule has 0 heteroatoms. The molecule has 0 amide bonds. The molecule has 0 aliphatic heterocycles. The van der Waals surface area contributed by atoms with Crippen LogP contribution in [0.25, 0.3) is 0 Å². The van der Waals surface area contributed by atoms with Crippen molar-refractivity contribution in [3.63, 3.8) is 0 Å². The van der Waals surface area contributed by atoms with E-state index in [9.17, 15) is 0 Å². The van der Waals surface area contributed by atoms with Crippen molar-refractivity contribution in [2.75, 3.05) is 0 Å². The lowest BCUT2D eigenvalue weighted by atomic mass is 10.2. The van der Waals surface area contributed by atoms with Crippen molar-refractivity contribution in [1.82, 2.24) is 0 Å². The van der Waals surface area contributed by atoms with Crippen LogP contribution in [0.4, 0.5) is 0 Å². The van der Waals surface area contributed by atoms with Gasteiger partial charge in [-0.3, -0.25) is 0 Å². The molecule has 5 aromatic rings. The van der Waals surface area contributed by atoms with Gasteiger partial charge in [-0.2, -0.15) is 0 Å². The van der Waals surface area contributed by atoms with E-state index in [-0.39, 0.29) is 0 Å². The van der Waals surface area contributed by atoms with Gasteiger partial charge in [-0.25, -0.2) is 0 Å². The van der Waals surface area contributed by atoms with E-state index in [0.29, 0.717) is 0 Å². The van der Waals surface area contributed by atoms with Crippen molar-refractivity contribution in [2.24, 2.45) is 0 Å². The maximum Gasteiger partial charge on any atom is -0.0398 e. The summed E-state index contributed by atoms with van der Waals surface area (Å²) in [7, 11) is 0. The summed E-state index contributed by atoms with van der Waals surface area (Å²) in [5.41, 5.74) is 1.32. The Morgan fingerprint density at radius 3 is 0.452 bits per heavy atom. The summed E-state index contributed by atoms with van der Waals surface area (Å²) >= 11 is 0. The average Bonchev–Trinajstić information content (AvgIpc) is 2.90. The molecule has 0 atom stereocenters. The van der Waals surface area contributed by atoms with E-state index in [1.165, 1.54) is 5.56 Å². The van der Waals surface area contributed by atoms with Crippen molar-refractivity contribution >= 4 is 0 Å². The first-order valence-corrected chi connectivity index (χ1v) is 10.4. The molecule has 0 spiro atoms. The van der Waals surface area contributed by atoms with Crippen LogP contribution in [-0.4, -0.2) is 0 Å². The number of hydrogen-bond donors (Lipinski definition) is 0. The summed E-state index contributed by atoms with van der Waals surface area (Å²) in [5, 5.41) is 0. The molecule has 0 heterocycles. The Labute approximate surface area is 188 Å². The van der Waals surface area contributed by atoms with E-state index in [1.54, 1.807) is 0 Å². The number of benzene rings is 5. The van der Waals surface area contributed by atoms with Gasteiger partial charge in [0.15, 0.2) is 0 Å². The second-order valence-electron chi connectivity index (χ2n) is 6.27. The third-order valence-corrected chi connectivity index (χ3v) is 3.61. The normalized spacial score (nSPS) is 8.16. The molecule has 0 aromatic heterocycles. The van der Waals surface area contributed by atoms with Crippen LogP contribution in [0.15, 0.2) is 176 Å². The molecule has 156 valence electrons. The van der Waals surface area contributed by atoms with E-state index in [1.807, 2.05) is 164 Å². The lowest BCUT2D eigenvalue weighted by molar-refractivity contribution is 1.48. The second-order valence-corrected chi connectivity index (χ2v) is 6.27. The second kappa shape index (κ2) is 20.8. The molecule has 5 aromatic carbocycles. The summed E-state index contributed by atoms with van der Waals surface area (Å²) in [6.45, 7) is 2.08. The predicted molar refractivity (Wildman–Crippen MR) is 137 cm³/mol. The smallest absolute Gasteiger partial charge is 0.0398 e. The topological polar surface area (TPSA) is 0 Å². The maximum absolute atomic E-state index is 2.08. The van der Waals surface area contributed by atoms with Crippen LogP contribution in [0.3, 0.4) is 0 Å². The van der Waals surface area contributed by atoms with Gasteiger partial charge >= 0.3 is 0 Å². The van der Waals surface area contributed by atoms with Crippen LogP contribution in [0.5, 0.6) is 0 Å². The molecule has 0 aliphatic rings. The summed E-state index contributed by atoms with van der Waals surface area (Å²) in [4.78, 5) is 0. The van der Waals surface area contributed by atoms with Gasteiger partial charge in [0.05, 0.1) is 0 Å². The Hall–Kier alpha value is -3.90. The fraction of sp³-hybridized carbons (Fsp3) is 0.0323. The van der Waals surface area contributed by atoms with Crippen molar-refractivity contribution in [3.8, 4) is 0 Å². The van der Waals surface area contributed by atoms with Crippen LogP contribution >= 0.6 is 0 Å². The Morgan fingerprint density at radius 1 is 0.226 bits per heavy atom. The Balaban J connectivity index is 0.000000194. The van der Waals surface area contributed by atoms with E-state index < -0.39 is 0 Å². The molecular formula is C31H32.